The first kappa shape index (κ1) is 19.3. The molecule has 0 spiro atoms. The van der Waals surface area contributed by atoms with Crippen LogP contribution in [-0.2, 0) is 16.0 Å². The molecule has 1 aromatic heterocycles. The van der Waals surface area contributed by atoms with E-state index in [-0.39, 0.29) is 5.97 Å². The average Bonchev–Trinajstić information content (AvgIpc) is 3.01. The van der Waals surface area contributed by atoms with Crippen molar-refractivity contribution in [2.75, 3.05) is 41.0 Å². The maximum atomic E-state index is 11.6. The summed E-state index contributed by atoms with van der Waals surface area (Å²) in [5.41, 5.74) is 0.460. The highest BCUT2D eigenvalue weighted by molar-refractivity contribution is 5.90. The van der Waals surface area contributed by atoms with E-state index in [1.807, 2.05) is 7.05 Å². The number of esters is 1. The molecule has 25 heavy (non-hydrogen) atoms. The van der Waals surface area contributed by atoms with Crippen molar-refractivity contribution in [3.05, 3.63) is 23.2 Å². The fourth-order valence-electron chi connectivity index (χ4n) is 3.01. The molecule has 1 aliphatic heterocycles. The Bertz CT molecular complexity index is 591. The van der Waals surface area contributed by atoms with Crippen molar-refractivity contribution in [3.63, 3.8) is 0 Å². The Morgan fingerprint density at radius 1 is 1.44 bits per heavy atom. The number of furan rings is 1. The van der Waals surface area contributed by atoms with Crippen molar-refractivity contribution in [1.29, 1.82) is 0 Å². The van der Waals surface area contributed by atoms with E-state index in [0.717, 1.165) is 50.9 Å². The fourth-order valence-corrected chi connectivity index (χ4v) is 3.01. The summed E-state index contributed by atoms with van der Waals surface area (Å²) in [6, 6.07) is 1.71. The largest absolute Gasteiger partial charge is 0.465 e. The van der Waals surface area contributed by atoms with Crippen LogP contribution in [0.2, 0.25) is 0 Å². The van der Waals surface area contributed by atoms with Gasteiger partial charge in [-0.25, -0.2) is 4.79 Å². The van der Waals surface area contributed by atoms with E-state index in [4.69, 9.17) is 13.9 Å². The van der Waals surface area contributed by atoms with Crippen LogP contribution >= 0.6 is 0 Å². The maximum absolute atomic E-state index is 11.6. The predicted molar refractivity (Wildman–Crippen MR) is 95.8 cm³/mol. The summed E-state index contributed by atoms with van der Waals surface area (Å²) < 4.78 is 15.8. The Morgan fingerprint density at radius 3 is 2.80 bits per heavy atom. The van der Waals surface area contributed by atoms with Gasteiger partial charge in [0.25, 0.3) is 0 Å². The second-order valence-electron chi connectivity index (χ2n) is 6.34. The quantitative estimate of drug-likeness (QED) is 0.481. The van der Waals surface area contributed by atoms with Gasteiger partial charge in [0.15, 0.2) is 5.96 Å². The molecule has 7 heteroatoms. The Morgan fingerprint density at radius 2 is 2.16 bits per heavy atom. The molecule has 0 atom stereocenters. The number of methoxy groups -OCH3 is 1. The number of aryl methyl sites for hydroxylation is 1. The van der Waals surface area contributed by atoms with Crippen LogP contribution in [0.5, 0.6) is 0 Å². The summed E-state index contributed by atoms with van der Waals surface area (Å²) in [6.45, 7) is 4.91. The van der Waals surface area contributed by atoms with E-state index >= 15 is 0 Å². The first-order chi connectivity index (χ1) is 12.0. The topological polar surface area (TPSA) is 76.3 Å². The van der Waals surface area contributed by atoms with Crippen LogP contribution in [0.25, 0.3) is 0 Å². The molecule has 0 bridgehead atoms. The minimum Gasteiger partial charge on any atom is -0.465 e. The molecule has 0 saturated carbocycles. The Kier molecular flexibility index (Phi) is 7.31. The van der Waals surface area contributed by atoms with Gasteiger partial charge in [0.05, 0.1) is 13.7 Å². The lowest BCUT2D eigenvalue weighted by atomic mass is 9.96. The zero-order valence-electron chi connectivity index (χ0n) is 15.6. The molecule has 2 rings (SSSR count). The van der Waals surface area contributed by atoms with Crippen LogP contribution in [0, 0.1) is 12.8 Å². The molecular weight excluding hydrogens is 322 g/mol. The van der Waals surface area contributed by atoms with Crippen LogP contribution in [0.3, 0.4) is 0 Å². The van der Waals surface area contributed by atoms with Crippen molar-refractivity contribution in [3.8, 4) is 0 Å². The number of hydrogen-bond donors (Lipinski definition) is 1. The van der Waals surface area contributed by atoms with Crippen molar-refractivity contribution in [1.82, 2.24) is 10.2 Å². The smallest absolute Gasteiger partial charge is 0.341 e. The van der Waals surface area contributed by atoms with Gasteiger partial charge in [-0.2, -0.15) is 0 Å². The Hall–Kier alpha value is -2.02. The highest BCUT2D eigenvalue weighted by Gasteiger charge is 2.17. The van der Waals surface area contributed by atoms with E-state index in [9.17, 15) is 4.79 Å². The minimum absolute atomic E-state index is 0.384. The normalized spacial score (nSPS) is 15.9. The minimum atomic E-state index is -0.384. The first-order valence-electron chi connectivity index (χ1n) is 8.72. The van der Waals surface area contributed by atoms with Gasteiger partial charge in [0.2, 0.25) is 0 Å². The molecule has 1 aliphatic rings. The highest BCUT2D eigenvalue weighted by atomic mass is 16.5. The standard InChI is InChI=1S/C18H29N3O4/c1-13-16(17(22)23-4)11-15(25-13)12-20-18(19-2)21(3)8-5-14-6-9-24-10-7-14/h11,14H,5-10,12H2,1-4H3,(H,19,20). The monoisotopic (exact) mass is 351 g/mol. The SMILES string of the molecule is CN=C(NCc1cc(C(=O)OC)c(C)o1)N(C)CCC1CCOCC1. The number of hydrogen-bond acceptors (Lipinski definition) is 5. The third-order valence-electron chi connectivity index (χ3n) is 4.58. The molecule has 0 radical (unpaired) electrons. The van der Waals surface area contributed by atoms with E-state index in [0.29, 0.717) is 23.6 Å². The van der Waals surface area contributed by atoms with Gasteiger partial charge in [-0.05, 0) is 38.2 Å². The molecule has 0 amide bonds. The molecule has 0 aromatic carbocycles. The fraction of sp³-hybridized carbons (Fsp3) is 0.667. The van der Waals surface area contributed by atoms with Gasteiger partial charge < -0.3 is 24.1 Å². The Labute approximate surface area is 149 Å². The van der Waals surface area contributed by atoms with Gasteiger partial charge >= 0.3 is 5.97 Å². The molecule has 1 aromatic rings. The van der Waals surface area contributed by atoms with Crippen molar-refractivity contribution in [2.24, 2.45) is 10.9 Å². The second-order valence-corrected chi connectivity index (χ2v) is 6.34. The predicted octanol–water partition coefficient (Wildman–Crippen LogP) is 2.20. The molecular formula is C18H29N3O4. The lowest BCUT2D eigenvalue weighted by molar-refractivity contribution is 0.0598. The number of nitrogens with zero attached hydrogens (tertiary/aromatic N) is 2. The van der Waals surface area contributed by atoms with Gasteiger partial charge in [-0.15, -0.1) is 0 Å². The number of carbonyl (C=O) groups is 1. The molecule has 2 heterocycles. The van der Waals surface area contributed by atoms with Gasteiger partial charge in [0, 0.05) is 33.9 Å². The maximum Gasteiger partial charge on any atom is 0.341 e. The first-order valence-corrected chi connectivity index (χ1v) is 8.72. The Balaban J connectivity index is 1.83. The summed E-state index contributed by atoms with van der Waals surface area (Å²) in [5, 5.41) is 3.28. The van der Waals surface area contributed by atoms with Crippen LogP contribution in [-0.4, -0.2) is 57.8 Å². The molecule has 0 unspecified atom stereocenters. The van der Waals surface area contributed by atoms with Crippen LogP contribution in [0.4, 0.5) is 0 Å². The summed E-state index contributed by atoms with van der Waals surface area (Å²) in [7, 11) is 5.16. The summed E-state index contributed by atoms with van der Waals surface area (Å²) >= 11 is 0. The number of carbonyl (C=O) groups excluding carboxylic acids is 1. The zero-order valence-corrected chi connectivity index (χ0v) is 15.6. The number of guanidine groups is 1. The molecule has 1 N–H and O–H groups in total. The molecule has 0 aliphatic carbocycles. The van der Waals surface area contributed by atoms with E-state index in [1.165, 1.54) is 7.11 Å². The lowest BCUT2D eigenvalue weighted by Crippen LogP contribution is -2.39. The van der Waals surface area contributed by atoms with Crippen molar-refractivity contribution < 1.29 is 18.7 Å². The molecule has 7 nitrogen and oxygen atoms in total. The summed E-state index contributed by atoms with van der Waals surface area (Å²) in [5.74, 6) is 2.39. The van der Waals surface area contributed by atoms with Crippen LogP contribution in [0.15, 0.2) is 15.5 Å². The van der Waals surface area contributed by atoms with E-state index in [2.05, 4.69) is 15.2 Å². The number of ether oxygens (including phenoxy) is 2. The summed E-state index contributed by atoms with van der Waals surface area (Å²) in [6.07, 6.45) is 3.41. The lowest BCUT2D eigenvalue weighted by Gasteiger charge is -2.26. The van der Waals surface area contributed by atoms with Crippen molar-refractivity contribution >= 4 is 11.9 Å². The number of rotatable bonds is 6. The van der Waals surface area contributed by atoms with Crippen LogP contribution in [0.1, 0.15) is 41.1 Å². The second kappa shape index (κ2) is 9.46. The summed E-state index contributed by atoms with van der Waals surface area (Å²) in [4.78, 5) is 18.1. The van der Waals surface area contributed by atoms with E-state index < -0.39 is 0 Å². The molecule has 1 saturated heterocycles. The van der Waals surface area contributed by atoms with Gasteiger partial charge in [-0.3, -0.25) is 4.99 Å². The number of aliphatic imine (C=N–C) groups is 1. The average molecular weight is 351 g/mol. The van der Waals surface area contributed by atoms with Gasteiger partial charge in [0.1, 0.15) is 17.1 Å². The third-order valence-corrected chi connectivity index (χ3v) is 4.58. The zero-order chi connectivity index (χ0) is 18.2. The van der Waals surface area contributed by atoms with Crippen molar-refractivity contribution in [2.45, 2.75) is 32.7 Å². The molecule has 140 valence electrons. The third kappa shape index (κ3) is 5.49. The highest BCUT2D eigenvalue weighted by Crippen LogP contribution is 2.19. The van der Waals surface area contributed by atoms with Crippen LogP contribution < -0.4 is 5.32 Å². The van der Waals surface area contributed by atoms with E-state index in [1.54, 1.807) is 20.0 Å². The van der Waals surface area contributed by atoms with Gasteiger partial charge in [-0.1, -0.05) is 0 Å². The molecule has 1 fully saturated rings. The number of nitrogens with one attached hydrogen (secondary N) is 1.